The van der Waals surface area contributed by atoms with Crippen LogP contribution in [0.2, 0.25) is 0 Å². The Labute approximate surface area is 130 Å². The van der Waals surface area contributed by atoms with Crippen molar-refractivity contribution in [2.45, 2.75) is 6.92 Å². The van der Waals surface area contributed by atoms with Crippen LogP contribution in [0.1, 0.15) is 17.3 Å². The number of rotatable bonds is 5. The van der Waals surface area contributed by atoms with E-state index in [0.717, 1.165) is 35.3 Å². The van der Waals surface area contributed by atoms with E-state index in [9.17, 15) is 4.79 Å². The molecule has 1 aromatic heterocycles. The number of quaternary nitrogens is 2. The van der Waals surface area contributed by atoms with Gasteiger partial charge in [0.2, 0.25) is 5.78 Å². The summed E-state index contributed by atoms with van der Waals surface area (Å²) in [5.74, 6) is 1.03. The Bertz CT molecular complexity index is 657. The summed E-state index contributed by atoms with van der Waals surface area (Å²) in [4.78, 5) is 18.9. The minimum absolute atomic E-state index is 0.228. The van der Waals surface area contributed by atoms with Crippen molar-refractivity contribution in [3.05, 3.63) is 30.0 Å². The van der Waals surface area contributed by atoms with E-state index in [1.165, 1.54) is 24.5 Å². The number of aromatic nitrogens is 1. The summed E-state index contributed by atoms with van der Waals surface area (Å²) in [7, 11) is 1.65. The highest BCUT2D eigenvalue weighted by Gasteiger charge is 2.25. The number of likely N-dealkylation sites (N-methyl/N-ethyl adjacent to an activating group) is 1. The molecule has 0 spiro atoms. The van der Waals surface area contributed by atoms with Crippen molar-refractivity contribution in [2.24, 2.45) is 0 Å². The lowest BCUT2D eigenvalue weighted by Crippen LogP contribution is -3.28. The fourth-order valence-corrected chi connectivity index (χ4v) is 3.27. The van der Waals surface area contributed by atoms with Crippen LogP contribution in [-0.2, 0) is 0 Å². The summed E-state index contributed by atoms with van der Waals surface area (Å²) in [6.07, 6.45) is 1.83. The van der Waals surface area contributed by atoms with Gasteiger partial charge in [-0.05, 0) is 19.1 Å². The van der Waals surface area contributed by atoms with Crippen molar-refractivity contribution in [1.29, 1.82) is 0 Å². The van der Waals surface area contributed by atoms with Crippen LogP contribution in [0.15, 0.2) is 24.4 Å². The molecular weight excluding hydrogens is 278 g/mol. The number of methoxy groups -OCH3 is 1. The monoisotopic (exact) mass is 303 g/mol. The maximum absolute atomic E-state index is 12.6. The quantitative estimate of drug-likeness (QED) is 0.631. The molecule has 0 aliphatic carbocycles. The summed E-state index contributed by atoms with van der Waals surface area (Å²) in [5, 5.41) is 0.989. The second kappa shape index (κ2) is 6.50. The fourth-order valence-electron chi connectivity index (χ4n) is 3.27. The number of carbonyl (C=O) groups excluding carboxylic acids is 1. The number of benzene rings is 1. The van der Waals surface area contributed by atoms with Crippen LogP contribution in [-0.4, -0.2) is 57.1 Å². The predicted octanol–water partition coefficient (Wildman–Crippen LogP) is -0.837. The molecule has 0 unspecified atom stereocenters. The lowest BCUT2D eigenvalue weighted by molar-refractivity contribution is -1.01. The Balaban J connectivity index is 1.70. The molecule has 0 bridgehead atoms. The molecule has 0 saturated carbocycles. The molecule has 1 aliphatic rings. The number of nitrogens with one attached hydrogen (secondary N) is 3. The first-order chi connectivity index (χ1) is 10.7. The van der Waals surface area contributed by atoms with Crippen LogP contribution < -0.4 is 14.5 Å². The zero-order valence-corrected chi connectivity index (χ0v) is 13.4. The summed E-state index contributed by atoms with van der Waals surface area (Å²) in [6.45, 7) is 8.53. The molecule has 2 aromatic rings. The molecule has 0 atom stereocenters. The van der Waals surface area contributed by atoms with Gasteiger partial charge in [-0.1, -0.05) is 0 Å². The molecule has 2 heterocycles. The molecule has 5 nitrogen and oxygen atoms in total. The van der Waals surface area contributed by atoms with Crippen LogP contribution in [0, 0.1) is 0 Å². The van der Waals surface area contributed by atoms with E-state index in [-0.39, 0.29) is 5.78 Å². The summed E-state index contributed by atoms with van der Waals surface area (Å²) < 4.78 is 5.22. The van der Waals surface area contributed by atoms with Crippen LogP contribution in [0.4, 0.5) is 0 Å². The van der Waals surface area contributed by atoms with E-state index in [2.05, 4.69) is 11.9 Å². The largest absolute Gasteiger partial charge is 0.497 e. The number of hydrogen-bond donors (Lipinski definition) is 3. The predicted molar refractivity (Wildman–Crippen MR) is 86.0 cm³/mol. The second-order valence-electron chi connectivity index (χ2n) is 6.07. The number of ketones is 1. The van der Waals surface area contributed by atoms with Gasteiger partial charge in [-0.15, -0.1) is 0 Å². The van der Waals surface area contributed by atoms with Gasteiger partial charge in [0, 0.05) is 28.7 Å². The van der Waals surface area contributed by atoms with Crippen LogP contribution in [0.5, 0.6) is 5.75 Å². The van der Waals surface area contributed by atoms with Crippen molar-refractivity contribution in [3.8, 4) is 5.75 Å². The van der Waals surface area contributed by atoms with E-state index in [4.69, 9.17) is 4.74 Å². The van der Waals surface area contributed by atoms with Crippen LogP contribution in [0.25, 0.3) is 10.9 Å². The van der Waals surface area contributed by atoms with Crippen molar-refractivity contribution in [2.75, 3.05) is 46.4 Å². The van der Waals surface area contributed by atoms with Gasteiger partial charge in [0.1, 0.15) is 38.5 Å². The Morgan fingerprint density at radius 3 is 2.64 bits per heavy atom. The molecule has 22 heavy (non-hydrogen) atoms. The standard InChI is InChI=1S/C17H23N3O2/c1-3-19-6-8-20(9-7-19)12-17(21)15-11-18-16-10-13(22-2)4-5-14(15)16/h4-5,10-11,18H,3,6-9,12H2,1-2H3/p+2. The maximum atomic E-state index is 12.6. The summed E-state index contributed by atoms with van der Waals surface area (Å²) in [6, 6.07) is 5.80. The number of Topliss-reactive ketones (excluding diaryl/α,β-unsaturated/α-hetero) is 1. The Morgan fingerprint density at radius 1 is 1.23 bits per heavy atom. The zero-order chi connectivity index (χ0) is 15.5. The molecular formula is C17H25N3O2+2. The lowest BCUT2D eigenvalue weighted by atomic mass is 10.1. The van der Waals surface area contributed by atoms with Gasteiger partial charge in [-0.25, -0.2) is 0 Å². The topological polar surface area (TPSA) is 51.0 Å². The van der Waals surface area contributed by atoms with Crippen LogP contribution in [0.3, 0.4) is 0 Å². The van der Waals surface area contributed by atoms with E-state index in [0.29, 0.717) is 6.54 Å². The van der Waals surface area contributed by atoms with Crippen LogP contribution >= 0.6 is 0 Å². The number of aromatic amines is 1. The highest BCUT2D eigenvalue weighted by atomic mass is 16.5. The summed E-state index contributed by atoms with van der Waals surface area (Å²) >= 11 is 0. The molecule has 1 fully saturated rings. The van der Waals surface area contributed by atoms with E-state index in [1.807, 2.05) is 24.4 Å². The van der Waals surface area contributed by atoms with Gasteiger partial charge < -0.3 is 19.5 Å². The van der Waals surface area contributed by atoms with Gasteiger partial charge in [-0.3, -0.25) is 4.79 Å². The third-order valence-electron chi connectivity index (χ3n) is 4.76. The Hall–Kier alpha value is -1.85. The third kappa shape index (κ3) is 3.00. The first-order valence-corrected chi connectivity index (χ1v) is 8.06. The molecule has 1 aliphatic heterocycles. The number of H-pyrrole nitrogens is 1. The van der Waals surface area contributed by atoms with Crippen molar-refractivity contribution in [1.82, 2.24) is 4.98 Å². The number of piperazine rings is 1. The minimum Gasteiger partial charge on any atom is -0.497 e. The molecule has 0 amide bonds. The Morgan fingerprint density at radius 2 is 1.95 bits per heavy atom. The molecule has 1 saturated heterocycles. The SMILES string of the molecule is CC[NH+]1CC[NH+](CC(=O)c2c[nH]c3cc(OC)ccc23)CC1. The number of carbonyl (C=O) groups is 1. The molecule has 118 valence electrons. The molecule has 5 heteroatoms. The van der Waals surface area contributed by atoms with E-state index >= 15 is 0 Å². The number of ether oxygens (including phenoxy) is 1. The molecule has 3 N–H and O–H groups in total. The fraction of sp³-hybridized carbons (Fsp3) is 0.471. The van der Waals surface area contributed by atoms with Crippen molar-refractivity contribution < 1.29 is 19.3 Å². The second-order valence-corrected chi connectivity index (χ2v) is 6.07. The number of hydrogen-bond acceptors (Lipinski definition) is 2. The van der Waals surface area contributed by atoms with Gasteiger partial charge in [-0.2, -0.15) is 0 Å². The lowest BCUT2D eigenvalue weighted by Gasteiger charge is -2.28. The molecule has 1 aromatic carbocycles. The average molecular weight is 303 g/mol. The maximum Gasteiger partial charge on any atom is 0.219 e. The van der Waals surface area contributed by atoms with Gasteiger partial charge >= 0.3 is 0 Å². The van der Waals surface area contributed by atoms with E-state index < -0.39 is 0 Å². The summed E-state index contributed by atoms with van der Waals surface area (Å²) in [5.41, 5.74) is 1.76. The third-order valence-corrected chi connectivity index (χ3v) is 4.76. The van der Waals surface area contributed by atoms with Gasteiger partial charge in [0.15, 0.2) is 0 Å². The van der Waals surface area contributed by atoms with Gasteiger partial charge in [0.05, 0.1) is 13.7 Å². The van der Waals surface area contributed by atoms with Crippen molar-refractivity contribution >= 4 is 16.7 Å². The van der Waals surface area contributed by atoms with E-state index in [1.54, 1.807) is 12.0 Å². The highest BCUT2D eigenvalue weighted by Crippen LogP contribution is 2.23. The normalized spacial score (nSPS) is 21.9. The smallest absolute Gasteiger partial charge is 0.219 e. The van der Waals surface area contributed by atoms with Gasteiger partial charge in [0.25, 0.3) is 0 Å². The minimum atomic E-state index is 0.228. The first kappa shape index (κ1) is 15.1. The Kier molecular flexibility index (Phi) is 4.45. The van der Waals surface area contributed by atoms with Crippen molar-refractivity contribution in [3.63, 3.8) is 0 Å². The zero-order valence-electron chi connectivity index (χ0n) is 13.4. The average Bonchev–Trinajstić information content (AvgIpc) is 2.98. The molecule has 0 radical (unpaired) electrons. The number of fused-ring (bicyclic) bond motifs is 1. The first-order valence-electron chi connectivity index (χ1n) is 8.06. The highest BCUT2D eigenvalue weighted by molar-refractivity contribution is 6.08. The molecule has 3 rings (SSSR count).